The number of thioether (sulfide) groups is 1. The zero-order valence-electron chi connectivity index (χ0n) is 12.2. The molecule has 0 saturated heterocycles. The summed E-state index contributed by atoms with van der Waals surface area (Å²) in [6, 6.07) is 14.6. The molecular formula is C16H11BrClN3O2S. The molecule has 0 unspecified atom stereocenters. The van der Waals surface area contributed by atoms with E-state index in [0.29, 0.717) is 21.8 Å². The number of benzene rings is 2. The van der Waals surface area contributed by atoms with Crippen molar-refractivity contribution in [3.8, 4) is 11.5 Å². The van der Waals surface area contributed by atoms with Gasteiger partial charge in [0.05, 0.1) is 10.8 Å². The molecule has 1 heterocycles. The Morgan fingerprint density at radius 2 is 2.00 bits per heavy atom. The van der Waals surface area contributed by atoms with Crippen molar-refractivity contribution in [3.05, 3.63) is 58.0 Å². The molecule has 0 bridgehead atoms. The number of carbonyl (C=O) groups excluding carboxylic acids is 1. The zero-order chi connectivity index (χ0) is 16.9. The van der Waals surface area contributed by atoms with Crippen molar-refractivity contribution < 1.29 is 9.21 Å². The molecule has 1 aromatic heterocycles. The third-order valence-corrected chi connectivity index (χ3v) is 4.99. The van der Waals surface area contributed by atoms with E-state index in [1.807, 2.05) is 30.3 Å². The number of hydrogen-bond acceptors (Lipinski definition) is 5. The number of amides is 1. The van der Waals surface area contributed by atoms with E-state index in [2.05, 4.69) is 31.4 Å². The summed E-state index contributed by atoms with van der Waals surface area (Å²) in [6.45, 7) is 0. The summed E-state index contributed by atoms with van der Waals surface area (Å²) >= 11 is 10.4. The third-order valence-electron chi connectivity index (χ3n) is 2.96. The highest BCUT2D eigenvalue weighted by atomic mass is 79.9. The molecule has 0 aliphatic heterocycles. The topological polar surface area (TPSA) is 68.0 Å². The minimum Gasteiger partial charge on any atom is -0.411 e. The highest BCUT2D eigenvalue weighted by Gasteiger charge is 2.11. The lowest BCUT2D eigenvalue weighted by Gasteiger charge is -2.05. The van der Waals surface area contributed by atoms with Crippen LogP contribution in [0.1, 0.15) is 0 Å². The van der Waals surface area contributed by atoms with Crippen molar-refractivity contribution in [2.24, 2.45) is 0 Å². The molecular weight excluding hydrogens is 414 g/mol. The van der Waals surface area contributed by atoms with Gasteiger partial charge in [0, 0.05) is 15.7 Å². The number of carbonyl (C=O) groups is 1. The number of anilines is 1. The van der Waals surface area contributed by atoms with Gasteiger partial charge >= 0.3 is 0 Å². The number of hydrogen-bond donors (Lipinski definition) is 1. The van der Waals surface area contributed by atoms with Crippen LogP contribution in [0, 0.1) is 0 Å². The minimum absolute atomic E-state index is 0.163. The zero-order valence-corrected chi connectivity index (χ0v) is 15.4. The summed E-state index contributed by atoms with van der Waals surface area (Å²) in [5, 5.41) is 11.6. The average molecular weight is 425 g/mol. The van der Waals surface area contributed by atoms with Crippen LogP contribution in [0.25, 0.3) is 11.5 Å². The lowest BCUT2D eigenvalue weighted by Crippen LogP contribution is -2.13. The smallest absolute Gasteiger partial charge is 0.277 e. The lowest BCUT2D eigenvalue weighted by atomic mass is 10.2. The minimum atomic E-state index is -0.173. The molecule has 3 rings (SSSR count). The Hall–Kier alpha value is -1.83. The van der Waals surface area contributed by atoms with Crippen molar-refractivity contribution in [2.75, 3.05) is 11.1 Å². The molecule has 8 heteroatoms. The van der Waals surface area contributed by atoms with Gasteiger partial charge in [-0.2, -0.15) is 0 Å². The first kappa shape index (κ1) is 17.0. The number of nitrogens with zero attached hydrogens (tertiary/aromatic N) is 2. The molecule has 122 valence electrons. The second kappa shape index (κ2) is 7.83. The fourth-order valence-corrected chi connectivity index (χ4v) is 2.92. The first-order valence-corrected chi connectivity index (χ1v) is 9.04. The van der Waals surface area contributed by atoms with Crippen LogP contribution in [0.15, 0.2) is 62.6 Å². The molecule has 2 aromatic carbocycles. The molecule has 3 aromatic rings. The van der Waals surface area contributed by atoms with E-state index in [4.69, 9.17) is 16.0 Å². The van der Waals surface area contributed by atoms with Crippen molar-refractivity contribution >= 4 is 50.9 Å². The van der Waals surface area contributed by atoms with Crippen LogP contribution < -0.4 is 5.32 Å². The normalized spacial score (nSPS) is 10.6. The third kappa shape index (κ3) is 4.37. The first-order chi connectivity index (χ1) is 11.6. The summed E-state index contributed by atoms with van der Waals surface area (Å²) < 4.78 is 6.26. The highest BCUT2D eigenvalue weighted by molar-refractivity contribution is 9.10. The molecule has 0 saturated carbocycles. The van der Waals surface area contributed by atoms with Crippen LogP contribution in [-0.2, 0) is 4.79 Å². The number of halogens is 2. The Morgan fingerprint density at radius 3 is 2.75 bits per heavy atom. The van der Waals surface area contributed by atoms with E-state index in [9.17, 15) is 4.79 Å². The largest absolute Gasteiger partial charge is 0.411 e. The standard InChI is InChI=1S/C16H11BrClN3O2S/c17-12-8-11(6-7-13(12)18)19-14(22)9-24-16-21-20-15(23-16)10-4-2-1-3-5-10/h1-8H,9H2,(H,19,22). The molecule has 1 N–H and O–H groups in total. The van der Waals surface area contributed by atoms with Crippen molar-refractivity contribution in [1.29, 1.82) is 0 Å². The van der Waals surface area contributed by atoms with Gasteiger partial charge in [-0.05, 0) is 46.3 Å². The molecule has 0 fully saturated rings. The maximum Gasteiger partial charge on any atom is 0.277 e. The first-order valence-electron chi connectivity index (χ1n) is 6.88. The van der Waals surface area contributed by atoms with E-state index in [1.54, 1.807) is 18.2 Å². The van der Waals surface area contributed by atoms with Gasteiger partial charge in [0.15, 0.2) is 0 Å². The monoisotopic (exact) mass is 423 g/mol. The van der Waals surface area contributed by atoms with Crippen molar-refractivity contribution in [2.45, 2.75) is 5.22 Å². The molecule has 0 atom stereocenters. The predicted molar refractivity (Wildman–Crippen MR) is 98.2 cm³/mol. The quantitative estimate of drug-likeness (QED) is 0.591. The number of nitrogens with one attached hydrogen (secondary N) is 1. The second-order valence-electron chi connectivity index (χ2n) is 4.70. The molecule has 1 amide bonds. The average Bonchev–Trinajstić information content (AvgIpc) is 3.06. The van der Waals surface area contributed by atoms with Crippen LogP contribution in [0.5, 0.6) is 0 Å². The van der Waals surface area contributed by atoms with Gasteiger partial charge in [0.25, 0.3) is 5.22 Å². The molecule has 0 aliphatic carbocycles. The molecule has 0 aliphatic rings. The van der Waals surface area contributed by atoms with Gasteiger partial charge < -0.3 is 9.73 Å². The Kier molecular flexibility index (Phi) is 5.55. The van der Waals surface area contributed by atoms with Gasteiger partial charge in [-0.3, -0.25) is 4.79 Å². The van der Waals surface area contributed by atoms with Gasteiger partial charge in [0.2, 0.25) is 11.8 Å². The van der Waals surface area contributed by atoms with Gasteiger partial charge in [-0.15, -0.1) is 10.2 Å². The van der Waals surface area contributed by atoms with E-state index >= 15 is 0 Å². The van der Waals surface area contributed by atoms with E-state index < -0.39 is 0 Å². The maximum absolute atomic E-state index is 12.0. The fraction of sp³-hybridized carbons (Fsp3) is 0.0625. The Morgan fingerprint density at radius 1 is 1.21 bits per heavy atom. The van der Waals surface area contributed by atoms with Crippen LogP contribution in [0.3, 0.4) is 0 Å². The maximum atomic E-state index is 12.0. The van der Waals surface area contributed by atoms with Crippen molar-refractivity contribution in [3.63, 3.8) is 0 Å². The predicted octanol–water partition coefficient (Wildman–Crippen LogP) is 4.88. The Bertz CT molecular complexity index is 858. The van der Waals surface area contributed by atoms with Crippen LogP contribution >= 0.6 is 39.3 Å². The highest BCUT2D eigenvalue weighted by Crippen LogP contribution is 2.26. The second-order valence-corrected chi connectivity index (χ2v) is 6.89. The Balaban J connectivity index is 1.56. The molecule has 0 radical (unpaired) electrons. The van der Waals surface area contributed by atoms with E-state index in [1.165, 1.54) is 11.8 Å². The van der Waals surface area contributed by atoms with Crippen LogP contribution in [-0.4, -0.2) is 21.9 Å². The summed E-state index contributed by atoms with van der Waals surface area (Å²) in [4.78, 5) is 12.0. The van der Waals surface area contributed by atoms with E-state index in [-0.39, 0.29) is 11.7 Å². The molecule has 0 spiro atoms. The van der Waals surface area contributed by atoms with Crippen LogP contribution in [0.4, 0.5) is 5.69 Å². The summed E-state index contributed by atoms with van der Waals surface area (Å²) in [6.07, 6.45) is 0. The summed E-state index contributed by atoms with van der Waals surface area (Å²) in [5.74, 6) is 0.422. The SMILES string of the molecule is O=C(CSc1nnc(-c2ccccc2)o1)Nc1ccc(Cl)c(Br)c1. The van der Waals surface area contributed by atoms with Gasteiger partial charge in [-0.25, -0.2) is 0 Å². The fourth-order valence-electron chi connectivity index (χ4n) is 1.86. The summed E-state index contributed by atoms with van der Waals surface area (Å²) in [5.41, 5.74) is 1.50. The summed E-state index contributed by atoms with van der Waals surface area (Å²) in [7, 11) is 0. The van der Waals surface area contributed by atoms with E-state index in [0.717, 1.165) is 10.0 Å². The van der Waals surface area contributed by atoms with Crippen molar-refractivity contribution in [1.82, 2.24) is 10.2 Å². The molecule has 5 nitrogen and oxygen atoms in total. The Labute approximate surface area is 155 Å². The van der Waals surface area contributed by atoms with Gasteiger partial charge in [-0.1, -0.05) is 41.6 Å². The van der Waals surface area contributed by atoms with Gasteiger partial charge in [0.1, 0.15) is 0 Å². The molecule has 24 heavy (non-hydrogen) atoms. The number of aromatic nitrogens is 2. The lowest BCUT2D eigenvalue weighted by molar-refractivity contribution is -0.113. The van der Waals surface area contributed by atoms with Crippen LogP contribution in [0.2, 0.25) is 5.02 Å². The number of rotatable bonds is 5.